The molecule has 126 valence electrons. The highest BCUT2D eigenvalue weighted by atomic mass is 79.9. The van der Waals surface area contributed by atoms with E-state index in [1.807, 2.05) is 18.2 Å². The Morgan fingerprint density at radius 2 is 1.96 bits per heavy atom. The lowest BCUT2D eigenvalue weighted by Crippen LogP contribution is -1.96. The Morgan fingerprint density at radius 3 is 2.68 bits per heavy atom. The molecule has 2 aromatic carbocycles. The average Bonchev–Trinajstić information content (AvgIpc) is 3.31. The van der Waals surface area contributed by atoms with Gasteiger partial charge in [-0.25, -0.2) is 4.98 Å². The van der Waals surface area contributed by atoms with Crippen LogP contribution in [0.15, 0.2) is 51.9 Å². The minimum absolute atomic E-state index is 0.556. The van der Waals surface area contributed by atoms with E-state index in [4.69, 9.17) is 9.15 Å². The number of methoxy groups -OCH3 is 1. The number of fused-ring (bicyclic) bond motifs is 1. The minimum Gasteiger partial charge on any atom is -0.495 e. The number of aromatic nitrogens is 4. The molecule has 25 heavy (non-hydrogen) atoms. The first-order valence-corrected chi connectivity index (χ1v) is 8.61. The first-order valence-electron chi connectivity index (χ1n) is 7.82. The minimum atomic E-state index is 0.556. The van der Waals surface area contributed by atoms with Crippen molar-refractivity contribution in [2.75, 3.05) is 7.11 Å². The molecule has 0 amide bonds. The lowest BCUT2D eigenvalue weighted by Gasteiger charge is -2.09. The van der Waals surface area contributed by atoms with E-state index >= 15 is 0 Å². The zero-order valence-corrected chi connectivity index (χ0v) is 15.3. The summed E-state index contributed by atoms with van der Waals surface area (Å²) in [5, 5.41) is 7.71. The molecule has 0 saturated heterocycles. The van der Waals surface area contributed by atoms with E-state index in [0.29, 0.717) is 11.6 Å². The summed E-state index contributed by atoms with van der Waals surface area (Å²) in [7, 11) is 1.63. The Hall–Kier alpha value is -2.67. The summed E-state index contributed by atoms with van der Waals surface area (Å²) < 4.78 is 14.1. The third-order valence-corrected chi connectivity index (χ3v) is 4.62. The van der Waals surface area contributed by atoms with E-state index in [9.17, 15) is 0 Å². The van der Waals surface area contributed by atoms with Crippen LogP contribution in [0.1, 0.15) is 12.5 Å². The van der Waals surface area contributed by atoms with Crippen molar-refractivity contribution in [3.63, 3.8) is 0 Å². The Kier molecular flexibility index (Phi) is 4.01. The molecular formula is C18H15BrN4O2. The molecular weight excluding hydrogens is 384 g/mol. The molecule has 0 aliphatic heterocycles. The van der Waals surface area contributed by atoms with E-state index in [2.05, 4.69) is 50.2 Å². The van der Waals surface area contributed by atoms with Crippen LogP contribution in [0.4, 0.5) is 0 Å². The van der Waals surface area contributed by atoms with Crippen LogP contribution in [0, 0.1) is 0 Å². The normalized spacial score (nSPS) is 11.2. The number of benzene rings is 2. The highest BCUT2D eigenvalue weighted by molar-refractivity contribution is 9.10. The summed E-state index contributed by atoms with van der Waals surface area (Å²) in [5.41, 5.74) is 4.46. The van der Waals surface area contributed by atoms with Gasteiger partial charge in [0.15, 0.2) is 5.58 Å². The molecule has 0 atom stereocenters. The number of nitrogens with zero attached hydrogens (tertiary/aromatic N) is 4. The van der Waals surface area contributed by atoms with Gasteiger partial charge < -0.3 is 9.15 Å². The van der Waals surface area contributed by atoms with Crippen LogP contribution in [-0.2, 0) is 6.42 Å². The van der Waals surface area contributed by atoms with Crippen molar-refractivity contribution in [2.45, 2.75) is 13.3 Å². The number of hydrogen-bond donors (Lipinski definition) is 0. The molecule has 0 fully saturated rings. The fourth-order valence-electron chi connectivity index (χ4n) is 2.72. The Morgan fingerprint density at radius 1 is 1.16 bits per heavy atom. The second-order valence-electron chi connectivity index (χ2n) is 5.55. The lowest BCUT2D eigenvalue weighted by atomic mass is 10.1. The maximum absolute atomic E-state index is 5.99. The number of aryl methyl sites for hydroxylation is 1. The maximum atomic E-state index is 5.99. The van der Waals surface area contributed by atoms with E-state index in [1.54, 1.807) is 24.3 Å². The van der Waals surface area contributed by atoms with Gasteiger partial charge in [0.2, 0.25) is 5.89 Å². The van der Waals surface area contributed by atoms with Gasteiger partial charge in [-0.15, -0.1) is 10.2 Å². The van der Waals surface area contributed by atoms with Crippen molar-refractivity contribution in [2.24, 2.45) is 0 Å². The first kappa shape index (κ1) is 15.8. The van der Waals surface area contributed by atoms with Crippen molar-refractivity contribution in [1.82, 2.24) is 19.7 Å². The summed E-state index contributed by atoms with van der Waals surface area (Å²) in [5.74, 6) is 1.27. The number of ether oxygens (including phenoxy) is 1. The maximum Gasteiger partial charge on any atom is 0.227 e. The molecule has 7 heteroatoms. The summed E-state index contributed by atoms with van der Waals surface area (Å²) in [4.78, 5) is 4.65. The summed E-state index contributed by atoms with van der Waals surface area (Å²) in [6, 6.07) is 9.87. The predicted molar refractivity (Wildman–Crippen MR) is 98.0 cm³/mol. The van der Waals surface area contributed by atoms with Gasteiger partial charge in [-0.3, -0.25) is 4.57 Å². The van der Waals surface area contributed by atoms with Crippen LogP contribution in [0.5, 0.6) is 5.75 Å². The molecule has 0 radical (unpaired) electrons. The van der Waals surface area contributed by atoms with E-state index in [-0.39, 0.29) is 0 Å². The smallest absolute Gasteiger partial charge is 0.227 e. The van der Waals surface area contributed by atoms with E-state index in [1.165, 1.54) is 5.56 Å². The highest BCUT2D eigenvalue weighted by Gasteiger charge is 2.15. The molecule has 0 N–H and O–H groups in total. The molecule has 0 spiro atoms. The molecule has 6 nitrogen and oxygen atoms in total. The number of halogens is 1. The van der Waals surface area contributed by atoms with Crippen molar-refractivity contribution in [3.05, 3.63) is 53.0 Å². The fraction of sp³-hybridized carbons (Fsp3) is 0.167. The molecule has 4 aromatic rings. The monoisotopic (exact) mass is 398 g/mol. The zero-order chi connectivity index (χ0) is 17.4. The summed E-state index contributed by atoms with van der Waals surface area (Å²) >= 11 is 3.57. The third-order valence-electron chi connectivity index (χ3n) is 4.04. The Labute approximate surface area is 152 Å². The van der Waals surface area contributed by atoms with Crippen molar-refractivity contribution in [1.29, 1.82) is 0 Å². The van der Waals surface area contributed by atoms with Crippen molar-refractivity contribution >= 4 is 27.0 Å². The Bertz CT molecular complexity index is 1040. The molecule has 0 aliphatic rings. The van der Waals surface area contributed by atoms with Crippen LogP contribution < -0.4 is 4.74 Å². The van der Waals surface area contributed by atoms with Crippen LogP contribution in [0.2, 0.25) is 0 Å². The van der Waals surface area contributed by atoms with Gasteiger partial charge in [-0.1, -0.05) is 6.92 Å². The average molecular weight is 399 g/mol. The molecule has 4 rings (SSSR count). The van der Waals surface area contributed by atoms with Crippen LogP contribution in [0.25, 0.3) is 28.2 Å². The van der Waals surface area contributed by atoms with Crippen LogP contribution >= 0.6 is 15.9 Å². The molecule has 0 aliphatic carbocycles. The predicted octanol–water partition coefficient (Wildman–Crippen LogP) is 4.41. The van der Waals surface area contributed by atoms with Crippen molar-refractivity contribution < 1.29 is 9.15 Å². The van der Waals surface area contributed by atoms with Crippen LogP contribution in [0.3, 0.4) is 0 Å². The lowest BCUT2D eigenvalue weighted by molar-refractivity contribution is 0.413. The van der Waals surface area contributed by atoms with Gasteiger partial charge in [0, 0.05) is 5.56 Å². The van der Waals surface area contributed by atoms with Gasteiger partial charge >= 0.3 is 0 Å². The number of hydrogen-bond acceptors (Lipinski definition) is 5. The zero-order valence-electron chi connectivity index (χ0n) is 13.7. The van der Waals surface area contributed by atoms with Gasteiger partial charge in [0.25, 0.3) is 0 Å². The van der Waals surface area contributed by atoms with Gasteiger partial charge in [-0.05, 0) is 58.2 Å². The highest BCUT2D eigenvalue weighted by Crippen LogP contribution is 2.33. The van der Waals surface area contributed by atoms with Gasteiger partial charge in [0.1, 0.15) is 23.9 Å². The van der Waals surface area contributed by atoms with Crippen LogP contribution in [-0.4, -0.2) is 26.9 Å². The first-order chi connectivity index (χ1) is 12.2. The topological polar surface area (TPSA) is 66.0 Å². The molecule has 0 saturated carbocycles. The molecule has 2 aromatic heterocycles. The summed E-state index contributed by atoms with van der Waals surface area (Å²) in [6.45, 7) is 2.11. The van der Waals surface area contributed by atoms with Gasteiger partial charge in [0.05, 0.1) is 17.3 Å². The largest absolute Gasteiger partial charge is 0.495 e. The third kappa shape index (κ3) is 2.80. The number of oxazole rings is 1. The summed E-state index contributed by atoms with van der Waals surface area (Å²) in [6.07, 6.45) is 4.19. The second kappa shape index (κ2) is 6.33. The van der Waals surface area contributed by atoms with E-state index in [0.717, 1.165) is 33.2 Å². The molecule has 2 heterocycles. The quantitative estimate of drug-likeness (QED) is 0.509. The molecule has 0 bridgehead atoms. The van der Waals surface area contributed by atoms with Gasteiger partial charge in [-0.2, -0.15) is 0 Å². The fourth-order valence-corrected chi connectivity index (χ4v) is 3.30. The Balaban J connectivity index is 1.86. The second-order valence-corrected chi connectivity index (χ2v) is 6.41. The standard InChI is InChI=1S/C18H15BrN4O2/c1-3-11-6-13(19)17-14(7-11)22-18(25-17)12-4-5-16(24-2)15(8-12)23-9-20-21-10-23/h4-10H,3H2,1-2H3. The van der Waals surface area contributed by atoms with Crippen molar-refractivity contribution in [3.8, 4) is 22.9 Å². The SMILES string of the molecule is CCc1cc(Br)c2oc(-c3ccc(OC)c(-n4cnnc4)c3)nc2c1. The number of rotatable bonds is 4. The van der Waals surface area contributed by atoms with E-state index < -0.39 is 0 Å². The molecule has 0 unspecified atom stereocenters.